The SMILES string of the molecule is NNC(=S)N/N=C(/C(=O)Nc1ccc(Cl)c(Cl)c1)C(C1OC(=O)c2ccccc21)[NH+]([O-])O. The highest BCUT2D eigenvalue weighted by molar-refractivity contribution is 7.80. The molecule has 168 valence electrons. The molecule has 1 amide bonds. The molecule has 3 atom stereocenters. The van der Waals surface area contributed by atoms with Crippen LogP contribution in [0.3, 0.4) is 0 Å². The van der Waals surface area contributed by atoms with E-state index in [0.717, 1.165) is 0 Å². The second-order valence-corrected chi connectivity index (χ2v) is 7.62. The molecule has 7 N–H and O–H groups in total. The molecule has 0 saturated heterocycles. The Morgan fingerprint density at radius 3 is 2.66 bits per heavy atom. The number of nitrogens with one attached hydrogen (secondary N) is 4. The zero-order chi connectivity index (χ0) is 23.4. The second-order valence-electron chi connectivity index (χ2n) is 6.39. The smallest absolute Gasteiger partial charge is 0.339 e. The Bertz CT molecular complexity index is 1100. The van der Waals surface area contributed by atoms with Crippen LogP contribution in [0.2, 0.25) is 10.0 Å². The molecule has 0 bridgehead atoms. The average Bonchev–Trinajstić information content (AvgIpc) is 3.09. The van der Waals surface area contributed by atoms with Gasteiger partial charge in [-0.2, -0.15) is 5.10 Å². The molecule has 11 nitrogen and oxygen atoms in total. The van der Waals surface area contributed by atoms with Crippen LogP contribution in [0.1, 0.15) is 22.0 Å². The summed E-state index contributed by atoms with van der Waals surface area (Å²) < 4.78 is 5.28. The molecule has 2 aromatic rings. The van der Waals surface area contributed by atoms with Crippen molar-refractivity contribution in [2.75, 3.05) is 5.32 Å². The van der Waals surface area contributed by atoms with Gasteiger partial charge in [-0.25, -0.2) is 21.1 Å². The van der Waals surface area contributed by atoms with Gasteiger partial charge in [0.15, 0.2) is 11.8 Å². The first-order chi connectivity index (χ1) is 15.2. The number of nitrogens with two attached hydrogens (primary N) is 1. The number of quaternary nitrogens is 1. The summed E-state index contributed by atoms with van der Waals surface area (Å²) in [6.07, 6.45) is -1.31. The van der Waals surface area contributed by atoms with E-state index in [1.54, 1.807) is 12.1 Å². The summed E-state index contributed by atoms with van der Waals surface area (Å²) in [5, 5.41) is 27.3. The van der Waals surface area contributed by atoms with Gasteiger partial charge in [-0.05, 0) is 36.5 Å². The number of nitrogens with zero attached hydrogens (tertiary/aromatic N) is 1. The fourth-order valence-electron chi connectivity index (χ4n) is 2.98. The number of hydroxylamine groups is 2. The molecule has 0 saturated carbocycles. The average molecular weight is 499 g/mol. The number of cyclic esters (lactones) is 1. The number of carbonyl (C=O) groups excluding carboxylic acids is 2. The quantitative estimate of drug-likeness (QED) is 0.110. The topological polar surface area (TPSA) is 166 Å². The third-order valence-corrected chi connectivity index (χ3v) is 5.35. The third kappa shape index (κ3) is 5.14. The van der Waals surface area contributed by atoms with Gasteiger partial charge in [0.05, 0.1) is 15.6 Å². The standard InChI is InChI=1S/C18H16Cl2N6O5S/c19-11-6-5-8(7-12(11)20)22-16(27)13(24-25-18(32)23-21)14(26(29)30)15-9-3-1-2-4-10(9)17(28)31-15/h1-7,14-15,26,29H,21H2,(H,22,27)(H2,23,25,32)/b24-13+. The highest BCUT2D eigenvalue weighted by Gasteiger charge is 2.45. The maximum absolute atomic E-state index is 13.0. The highest BCUT2D eigenvalue weighted by atomic mass is 35.5. The first-order valence-corrected chi connectivity index (χ1v) is 10.0. The van der Waals surface area contributed by atoms with E-state index in [4.69, 9.17) is 46.0 Å². The molecule has 14 heteroatoms. The number of rotatable bonds is 6. The zero-order valence-electron chi connectivity index (χ0n) is 16.0. The minimum Gasteiger partial charge on any atom is -0.599 e. The minimum absolute atomic E-state index is 0.169. The summed E-state index contributed by atoms with van der Waals surface area (Å²) >= 11 is 16.7. The van der Waals surface area contributed by atoms with Crippen LogP contribution < -0.4 is 27.2 Å². The molecule has 32 heavy (non-hydrogen) atoms. The van der Waals surface area contributed by atoms with Gasteiger partial charge >= 0.3 is 5.97 Å². The number of amides is 1. The van der Waals surface area contributed by atoms with Crippen LogP contribution in [0, 0.1) is 5.21 Å². The number of benzene rings is 2. The van der Waals surface area contributed by atoms with Crippen molar-refractivity contribution in [3.8, 4) is 0 Å². The van der Waals surface area contributed by atoms with Crippen molar-refractivity contribution < 1.29 is 24.8 Å². The Balaban J connectivity index is 2.00. The maximum Gasteiger partial charge on any atom is 0.339 e. The van der Waals surface area contributed by atoms with E-state index in [-0.39, 0.29) is 26.4 Å². The van der Waals surface area contributed by atoms with Crippen molar-refractivity contribution in [3.05, 3.63) is 68.8 Å². The van der Waals surface area contributed by atoms with Gasteiger partial charge in [-0.1, -0.05) is 41.4 Å². The number of hydrogen-bond acceptors (Lipinski definition) is 8. The lowest BCUT2D eigenvalue weighted by molar-refractivity contribution is -1.06. The lowest BCUT2D eigenvalue weighted by Gasteiger charge is -2.28. The molecule has 0 radical (unpaired) electrons. The van der Waals surface area contributed by atoms with Crippen molar-refractivity contribution >= 4 is 63.8 Å². The number of anilines is 1. The summed E-state index contributed by atoms with van der Waals surface area (Å²) in [5.41, 5.74) is 4.58. The van der Waals surface area contributed by atoms with E-state index in [1.807, 2.05) is 0 Å². The van der Waals surface area contributed by atoms with Crippen molar-refractivity contribution in [1.82, 2.24) is 10.9 Å². The first-order valence-electron chi connectivity index (χ1n) is 8.86. The van der Waals surface area contributed by atoms with Crippen molar-refractivity contribution in [3.63, 3.8) is 0 Å². The molecule has 1 aliphatic heterocycles. The molecular formula is C18H16Cl2N6O5S. The van der Waals surface area contributed by atoms with E-state index in [0.29, 0.717) is 5.56 Å². The second kappa shape index (κ2) is 10.2. The van der Waals surface area contributed by atoms with Crippen LogP contribution in [-0.2, 0) is 9.53 Å². The zero-order valence-corrected chi connectivity index (χ0v) is 18.3. The number of carbonyl (C=O) groups is 2. The molecule has 2 aromatic carbocycles. The van der Waals surface area contributed by atoms with Crippen LogP contribution >= 0.6 is 35.4 Å². The lowest BCUT2D eigenvalue weighted by Crippen LogP contribution is -3.11. The van der Waals surface area contributed by atoms with Gasteiger partial charge < -0.3 is 15.3 Å². The Kier molecular flexibility index (Phi) is 7.58. The number of hydrogen-bond donors (Lipinski definition) is 6. The monoisotopic (exact) mass is 498 g/mol. The van der Waals surface area contributed by atoms with E-state index in [9.17, 15) is 20.0 Å². The normalized spacial score (nSPS) is 17.1. The van der Waals surface area contributed by atoms with E-state index < -0.39 is 35.0 Å². The Hall–Kier alpha value is -2.84. The fourth-order valence-corrected chi connectivity index (χ4v) is 3.33. The molecule has 0 spiro atoms. The first kappa shape index (κ1) is 23.8. The molecule has 3 rings (SSSR count). The number of hydrazone groups is 1. The predicted molar refractivity (Wildman–Crippen MR) is 120 cm³/mol. The summed E-state index contributed by atoms with van der Waals surface area (Å²) in [4.78, 5) is 25.3. The van der Waals surface area contributed by atoms with Crippen LogP contribution in [0.25, 0.3) is 0 Å². The van der Waals surface area contributed by atoms with Gasteiger partial charge in [0.25, 0.3) is 5.91 Å². The summed E-state index contributed by atoms with van der Waals surface area (Å²) in [5.74, 6) is 3.56. The summed E-state index contributed by atoms with van der Waals surface area (Å²) in [6.45, 7) is 0. The third-order valence-electron chi connectivity index (χ3n) is 4.40. The molecule has 0 aliphatic carbocycles. The van der Waals surface area contributed by atoms with E-state index >= 15 is 0 Å². The van der Waals surface area contributed by atoms with Gasteiger partial charge in [0.2, 0.25) is 11.2 Å². The Morgan fingerprint density at radius 1 is 1.28 bits per heavy atom. The van der Waals surface area contributed by atoms with Crippen molar-refractivity contribution in [2.24, 2.45) is 10.9 Å². The highest BCUT2D eigenvalue weighted by Crippen LogP contribution is 2.33. The van der Waals surface area contributed by atoms with Crippen LogP contribution in [0.4, 0.5) is 5.69 Å². The minimum atomic E-state index is -1.68. The van der Waals surface area contributed by atoms with Crippen molar-refractivity contribution in [1.29, 1.82) is 0 Å². The van der Waals surface area contributed by atoms with E-state index in [2.05, 4.69) is 21.3 Å². The maximum atomic E-state index is 13.0. The van der Waals surface area contributed by atoms with E-state index in [1.165, 1.54) is 30.3 Å². The molecule has 3 unspecified atom stereocenters. The van der Waals surface area contributed by atoms with Gasteiger partial charge in [0.1, 0.15) is 0 Å². The number of esters is 1. The van der Waals surface area contributed by atoms with Gasteiger partial charge in [-0.15, -0.1) is 0 Å². The summed E-state index contributed by atoms with van der Waals surface area (Å²) in [6, 6.07) is 8.86. The largest absolute Gasteiger partial charge is 0.599 e. The van der Waals surface area contributed by atoms with Crippen LogP contribution in [-0.4, -0.2) is 33.9 Å². The van der Waals surface area contributed by atoms with Crippen LogP contribution in [0.5, 0.6) is 0 Å². The molecule has 1 heterocycles. The molecule has 1 aliphatic rings. The lowest BCUT2D eigenvalue weighted by atomic mass is 9.96. The molecule has 0 aromatic heterocycles. The number of ether oxygens (including phenoxy) is 1. The molecular weight excluding hydrogens is 483 g/mol. The number of fused-ring (bicyclic) bond motifs is 1. The number of hydrazine groups is 1. The summed E-state index contributed by atoms with van der Waals surface area (Å²) in [7, 11) is 0. The molecule has 0 fully saturated rings. The van der Waals surface area contributed by atoms with Gasteiger partial charge in [-0.3, -0.25) is 15.6 Å². The fraction of sp³-hybridized carbons (Fsp3) is 0.111. The van der Waals surface area contributed by atoms with Crippen molar-refractivity contribution in [2.45, 2.75) is 12.1 Å². The Labute approximate surface area is 196 Å². The van der Waals surface area contributed by atoms with Gasteiger partial charge in [0, 0.05) is 11.3 Å². The number of halogens is 2. The Morgan fingerprint density at radius 2 is 2.00 bits per heavy atom. The van der Waals surface area contributed by atoms with Crippen LogP contribution in [0.15, 0.2) is 47.6 Å². The number of thiocarbonyl (C=S) groups is 1. The predicted octanol–water partition coefficient (Wildman–Crippen LogP) is 0.678.